The van der Waals surface area contributed by atoms with E-state index in [1.807, 2.05) is 0 Å². The van der Waals surface area contributed by atoms with E-state index in [0.29, 0.717) is 29.8 Å². The van der Waals surface area contributed by atoms with Gasteiger partial charge in [-0.1, -0.05) is 6.07 Å². The monoisotopic (exact) mass is 439 g/mol. The first-order valence-electron chi connectivity index (χ1n) is 9.81. The number of rotatable bonds is 7. The lowest BCUT2D eigenvalue weighted by Crippen LogP contribution is -2.23. The van der Waals surface area contributed by atoms with E-state index in [0.717, 1.165) is 11.1 Å². The first-order valence-corrected chi connectivity index (χ1v) is 9.81. The average Bonchev–Trinajstić information content (AvgIpc) is 3.08. The van der Waals surface area contributed by atoms with Crippen LogP contribution < -0.4 is 9.47 Å². The Morgan fingerprint density at radius 2 is 1.97 bits per heavy atom. The molecule has 164 valence electrons. The van der Waals surface area contributed by atoms with Gasteiger partial charge in [0.15, 0.2) is 6.61 Å². The van der Waals surface area contributed by atoms with Gasteiger partial charge in [-0.2, -0.15) is 0 Å². The fourth-order valence-electron chi connectivity index (χ4n) is 3.41. The molecule has 0 atom stereocenters. The number of hydrogen-bond acceptors (Lipinski definition) is 6. The van der Waals surface area contributed by atoms with Crippen molar-refractivity contribution >= 4 is 11.9 Å². The second-order valence-corrected chi connectivity index (χ2v) is 7.27. The third kappa shape index (κ3) is 4.72. The van der Waals surface area contributed by atoms with Crippen LogP contribution in [0.5, 0.6) is 11.6 Å². The summed E-state index contributed by atoms with van der Waals surface area (Å²) in [6, 6.07) is 9.81. The summed E-state index contributed by atoms with van der Waals surface area (Å²) >= 11 is 0. The predicted molar refractivity (Wildman–Crippen MR) is 110 cm³/mol. The summed E-state index contributed by atoms with van der Waals surface area (Å²) in [5, 5.41) is 0. The molecule has 0 radical (unpaired) electrons. The van der Waals surface area contributed by atoms with Crippen molar-refractivity contribution in [3.05, 3.63) is 82.8 Å². The highest BCUT2D eigenvalue weighted by atomic mass is 19.3. The molecule has 1 aliphatic heterocycles. The Balaban J connectivity index is 1.43. The van der Waals surface area contributed by atoms with Gasteiger partial charge in [-0.3, -0.25) is 9.78 Å². The normalized spacial score (nSPS) is 12.8. The van der Waals surface area contributed by atoms with Gasteiger partial charge in [0, 0.05) is 42.8 Å². The number of alkyl halides is 2. The molecule has 1 amide bonds. The highest BCUT2D eigenvalue weighted by Crippen LogP contribution is 2.29. The van der Waals surface area contributed by atoms with Crippen molar-refractivity contribution in [2.24, 2.45) is 0 Å². The lowest BCUT2D eigenvalue weighted by Gasteiger charge is -2.16. The zero-order chi connectivity index (χ0) is 22.7. The molecule has 0 unspecified atom stereocenters. The van der Waals surface area contributed by atoms with E-state index in [-0.39, 0.29) is 17.5 Å². The number of hydrogen-bond donors (Lipinski definition) is 0. The number of amides is 1. The third-order valence-corrected chi connectivity index (χ3v) is 4.89. The molecule has 0 fully saturated rings. The van der Waals surface area contributed by atoms with Crippen molar-refractivity contribution < 1.29 is 27.8 Å². The minimum atomic E-state index is -2.58. The number of nitrogens with zero attached hydrogens (tertiary/aromatic N) is 3. The Kier molecular flexibility index (Phi) is 6.07. The lowest BCUT2D eigenvalue weighted by molar-refractivity contribution is 0.0728. The summed E-state index contributed by atoms with van der Waals surface area (Å²) in [7, 11) is 0. The van der Waals surface area contributed by atoms with Crippen LogP contribution in [0.1, 0.15) is 37.4 Å². The van der Waals surface area contributed by atoms with E-state index in [4.69, 9.17) is 9.47 Å². The van der Waals surface area contributed by atoms with Crippen LogP contribution in [0.3, 0.4) is 0 Å². The molecule has 7 nitrogen and oxygen atoms in total. The largest absolute Gasteiger partial charge is 0.471 e. The molecule has 1 aliphatic rings. The first-order chi connectivity index (χ1) is 15.4. The zero-order valence-corrected chi connectivity index (χ0v) is 17.1. The van der Waals surface area contributed by atoms with Gasteiger partial charge in [0.1, 0.15) is 5.75 Å². The number of fused-ring (bicyclic) bond motifs is 1. The second kappa shape index (κ2) is 9.09. The smallest absolute Gasteiger partial charge is 0.343 e. The molecule has 0 N–H and O–H groups in total. The maximum atomic E-state index is 12.9. The van der Waals surface area contributed by atoms with Crippen molar-refractivity contribution in [3.63, 3.8) is 0 Å². The van der Waals surface area contributed by atoms with Gasteiger partial charge in [-0.25, -0.2) is 18.6 Å². The summed E-state index contributed by atoms with van der Waals surface area (Å²) in [6.45, 7) is 1.68. The van der Waals surface area contributed by atoms with Gasteiger partial charge < -0.3 is 14.4 Å². The van der Waals surface area contributed by atoms with Gasteiger partial charge in [0.25, 0.3) is 12.3 Å². The third-order valence-electron chi connectivity index (χ3n) is 4.89. The highest BCUT2D eigenvalue weighted by molar-refractivity contribution is 5.99. The molecule has 1 aromatic carbocycles. The van der Waals surface area contributed by atoms with Crippen LogP contribution >= 0.6 is 0 Å². The fourth-order valence-corrected chi connectivity index (χ4v) is 3.41. The average molecular weight is 439 g/mol. The molecule has 32 heavy (non-hydrogen) atoms. The molecular formula is C23H19F2N3O4. The Hall–Kier alpha value is -3.88. The number of benzene rings is 1. The second-order valence-electron chi connectivity index (χ2n) is 7.27. The van der Waals surface area contributed by atoms with Gasteiger partial charge in [-0.15, -0.1) is 0 Å². The summed E-state index contributed by atoms with van der Waals surface area (Å²) in [5.74, 6) is -0.313. The molecule has 9 heteroatoms. The minimum absolute atomic E-state index is 0.144. The van der Waals surface area contributed by atoms with E-state index >= 15 is 0 Å². The predicted octanol–water partition coefficient (Wildman–Crippen LogP) is 3.80. The van der Waals surface area contributed by atoms with Gasteiger partial charge >= 0.3 is 5.97 Å². The molecule has 0 spiro atoms. The number of pyridine rings is 2. The number of carbonyl (C=O) groups excluding carboxylic acids is 2. The van der Waals surface area contributed by atoms with Crippen molar-refractivity contribution in [1.29, 1.82) is 0 Å². The number of carbonyl (C=O) groups is 2. The summed E-state index contributed by atoms with van der Waals surface area (Å²) in [6.07, 6.45) is 1.92. The van der Waals surface area contributed by atoms with E-state index in [1.54, 1.807) is 48.2 Å². The summed E-state index contributed by atoms with van der Waals surface area (Å²) < 4.78 is 35.0. The quantitative estimate of drug-likeness (QED) is 0.411. The van der Waals surface area contributed by atoms with Crippen LogP contribution in [0.4, 0.5) is 8.78 Å². The molecule has 0 aliphatic carbocycles. The van der Waals surface area contributed by atoms with Gasteiger partial charge in [-0.05, 0) is 48.4 Å². The van der Waals surface area contributed by atoms with Crippen LogP contribution in [0.2, 0.25) is 0 Å². The fraction of sp³-hybridized carbons (Fsp3) is 0.217. The molecular weight excluding hydrogens is 420 g/mol. The van der Waals surface area contributed by atoms with Crippen LogP contribution in [0, 0.1) is 6.92 Å². The molecule has 3 aromatic rings. The lowest BCUT2D eigenvalue weighted by atomic mass is 10.1. The minimum Gasteiger partial charge on any atom is -0.471 e. The van der Waals surface area contributed by atoms with Crippen molar-refractivity contribution in [2.45, 2.75) is 26.4 Å². The molecule has 0 bridgehead atoms. The van der Waals surface area contributed by atoms with Gasteiger partial charge in [0.05, 0.1) is 5.56 Å². The Morgan fingerprint density at radius 3 is 2.69 bits per heavy atom. The number of aryl methyl sites for hydroxylation is 1. The maximum absolute atomic E-state index is 12.9. The summed E-state index contributed by atoms with van der Waals surface area (Å²) in [5.41, 5.74) is 3.00. The first kappa shape index (κ1) is 21.4. The molecule has 0 saturated carbocycles. The molecule has 4 rings (SSSR count). The molecule has 0 saturated heterocycles. The van der Waals surface area contributed by atoms with Crippen molar-refractivity contribution in [3.8, 4) is 11.6 Å². The number of ether oxygens (including phenoxy) is 2. The topological polar surface area (TPSA) is 81.6 Å². The Morgan fingerprint density at radius 1 is 1.19 bits per heavy atom. The summed E-state index contributed by atoms with van der Waals surface area (Å²) in [4.78, 5) is 34.7. The number of aromatic nitrogens is 2. The number of esters is 1. The van der Waals surface area contributed by atoms with Crippen molar-refractivity contribution in [2.75, 3.05) is 6.61 Å². The SMILES string of the molecule is Cc1cc(CN2Cc3ccc(OC(=O)c4ccncc4)cc3C2=O)cnc1OCC(F)F. The van der Waals surface area contributed by atoms with E-state index < -0.39 is 19.0 Å². The van der Waals surface area contributed by atoms with Crippen LogP contribution in [0.15, 0.2) is 55.0 Å². The van der Waals surface area contributed by atoms with Crippen LogP contribution in [-0.2, 0) is 13.1 Å². The van der Waals surface area contributed by atoms with Crippen LogP contribution in [0.25, 0.3) is 0 Å². The Labute approximate surface area is 182 Å². The molecule has 2 aromatic heterocycles. The maximum Gasteiger partial charge on any atom is 0.343 e. The number of halogens is 2. The van der Waals surface area contributed by atoms with Crippen LogP contribution in [-0.4, -0.2) is 39.8 Å². The Bertz CT molecular complexity index is 1160. The standard InChI is InChI=1S/C23H19F2N3O4/c1-14-8-15(10-27-21(14)31-13-20(24)25)11-28-12-17-2-3-18(9-19(17)22(28)29)32-23(30)16-4-6-26-7-5-16/h2-10,20H,11-13H2,1H3. The van der Waals surface area contributed by atoms with E-state index in [1.165, 1.54) is 18.6 Å². The van der Waals surface area contributed by atoms with E-state index in [9.17, 15) is 18.4 Å². The molecule has 3 heterocycles. The van der Waals surface area contributed by atoms with Gasteiger partial charge in [0.2, 0.25) is 5.88 Å². The zero-order valence-electron chi connectivity index (χ0n) is 17.1. The highest BCUT2D eigenvalue weighted by Gasteiger charge is 2.28. The van der Waals surface area contributed by atoms with Crippen molar-refractivity contribution in [1.82, 2.24) is 14.9 Å². The van der Waals surface area contributed by atoms with E-state index in [2.05, 4.69) is 9.97 Å².